The van der Waals surface area contributed by atoms with Crippen molar-refractivity contribution in [3.05, 3.63) is 154 Å². The molecule has 2 aliphatic heterocycles. The largest absolute Gasteiger partial charge is 0.496 e. The normalized spacial score (nSPS) is 21.3. The maximum atomic E-state index is 7.74. The molecule has 1 saturated carbocycles. The zero-order chi connectivity index (χ0) is 37.1. The number of hydrogen-bond donors (Lipinski definition) is 0. The van der Waals surface area contributed by atoms with Gasteiger partial charge in [0.15, 0.2) is 5.60 Å². The van der Waals surface area contributed by atoms with E-state index in [9.17, 15) is 0 Å². The Hall–Kier alpha value is -4.97. The van der Waals surface area contributed by atoms with Crippen molar-refractivity contribution in [2.24, 2.45) is 0 Å². The second kappa shape index (κ2) is 14.0. The number of benzene rings is 6. The second-order valence-electron chi connectivity index (χ2n) is 15.7. The molecule has 4 aliphatic rings. The summed E-state index contributed by atoms with van der Waals surface area (Å²) in [5, 5.41) is 2.33. The number of anilines is 1. The van der Waals surface area contributed by atoms with Gasteiger partial charge in [-0.1, -0.05) is 116 Å². The van der Waals surface area contributed by atoms with Crippen LogP contribution < -0.4 is 14.4 Å². The average molecular weight is 742 g/mol. The number of rotatable bonds is 6. The number of ether oxygens (including phenoxy) is 3. The molecule has 0 radical (unpaired) electrons. The van der Waals surface area contributed by atoms with Crippen molar-refractivity contribution in [2.75, 3.05) is 38.3 Å². The molecule has 0 amide bonds. The van der Waals surface area contributed by atoms with Gasteiger partial charge in [0.1, 0.15) is 11.5 Å². The molecule has 2 fully saturated rings. The molecule has 0 N–H and O–H groups in total. The van der Waals surface area contributed by atoms with E-state index in [2.05, 4.69) is 140 Å². The lowest BCUT2D eigenvalue weighted by atomic mass is 9.63. The predicted molar refractivity (Wildman–Crippen MR) is 226 cm³/mol. The van der Waals surface area contributed by atoms with Gasteiger partial charge in [-0.2, -0.15) is 0 Å². The highest BCUT2D eigenvalue weighted by atomic mass is 32.2. The molecule has 5 heteroatoms. The van der Waals surface area contributed by atoms with E-state index in [1.54, 1.807) is 7.11 Å². The van der Waals surface area contributed by atoms with Crippen LogP contribution in [0.1, 0.15) is 76.5 Å². The van der Waals surface area contributed by atoms with Gasteiger partial charge in [0.2, 0.25) is 0 Å². The van der Waals surface area contributed by atoms with Crippen LogP contribution in [0.5, 0.6) is 11.5 Å². The molecule has 10 rings (SSSR count). The number of methoxy groups -OCH3 is 1. The van der Waals surface area contributed by atoms with Crippen LogP contribution >= 0.6 is 11.8 Å². The van der Waals surface area contributed by atoms with Crippen LogP contribution in [-0.2, 0) is 10.3 Å². The SMILES string of the molecule is COc1cc2c3c(c4c(c2cc1Sc1c(C)cccc1C)-c1ccccc1C1CCCCC41)C=CC(c1ccccc1)(c1ccc(N2CCOCC2)cc1)O3. The Morgan fingerprint density at radius 1 is 0.745 bits per heavy atom. The molecular weight excluding hydrogens is 695 g/mol. The number of hydrogen-bond acceptors (Lipinski definition) is 5. The van der Waals surface area contributed by atoms with Gasteiger partial charge in [-0.05, 0) is 108 Å². The first-order valence-electron chi connectivity index (χ1n) is 20.0. The molecule has 3 atom stereocenters. The molecule has 276 valence electrons. The number of fused-ring (bicyclic) bond motifs is 11. The molecule has 3 unspecified atom stereocenters. The Bertz CT molecular complexity index is 2430. The molecule has 0 spiro atoms. The molecule has 6 aromatic carbocycles. The summed E-state index contributed by atoms with van der Waals surface area (Å²) in [6.45, 7) is 7.74. The summed E-state index contributed by atoms with van der Waals surface area (Å²) in [4.78, 5) is 4.81. The third-order valence-electron chi connectivity index (χ3n) is 12.6. The lowest BCUT2D eigenvalue weighted by Crippen LogP contribution is -2.37. The number of aryl methyl sites for hydroxylation is 2. The van der Waals surface area contributed by atoms with Gasteiger partial charge in [0.25, 0.3) is 0 Å². The molecule has 2 heterocycles. The first kappa shape index (κ1) is 34.5. The Labute approximate surface area is 329 Å². The van der Waals surface area contributed by atoms with Crippen LogP contribution in [0.2, 0.25) is 0 Å². The fourth-order valence-electron chi connectivity index (χ4n) is 9.96. The minimum atomic E-state index is -0.823. The summed E-state index contributed by atoms with van der Waals surface area (Å²) < 4.78 is 19.7. The van der Waals surface area contributed by atoms with Gasteiger partial charge < -0.3 is 19.1 Å². The summed E-state index contributed by atoms with van der Waals surface area (Å²) in [6, 6.07) is 40.3. The Balaban J connectivity index is 1.23. The Kier molecular flexibility index (Phi) is 8.76. The summed E-state index contributed by atoms with van der Waals surface area (Å²) >= 11 is 1.81. The van der Waals surface area contributed by atoms with Gasteiger partial charge in [-0.3, -0.25) is 0 Å². The monoisotopic (exact) mass is 741 g/mol. The van der Waals surface area contributed by atoms with Crippen molar-refractivity contribution in [1.29, 1.82) is 0 Å². The van der Waals surface area contributed by atoms with E-state index < -0.39 is 5.60 Å². The van der Waals surface area contributed by atoms with E-state index >= 15 is 0 Å². The molecule has 2 aliphatic carbocycles. The fourth-order valence-corrected chi connectivity index (χ4v) is 11.1. The highest BCUT2D eigenvalue weighted by molar-refractivity contribution is 7.99. The van der Waals surface area contributed by atoms with Crippen molar-refractivity contribution in [1.82, 2.24) is 0 Å². The molecule has 0 bridgehead atoms. The zero-order valence-electron chi connectivity index (χ0n) is 31.9. The van der Waals surface area contributed by atoms with Gasteiger partial charge in [-0.25, -0.2) is 0 Å². The van der Waals surface area contributed by atoms with Crippen molar-refractivity contribution in [3.63, 3.8) is 0 Å². The Morgan fingerprint density at radius 3 is 2.22 bits per heavy atom. The van der Waals surface area contributed by atoms with E-state index in [1.165, 1.54) is 80.6 Å². The topological polar surface area (TPSA) is 30.9 Å². The minimum absolute atomic E-state index is 0.430. The highest BCUT2D eigenvalue weighted by Crippen LogP contribution is 2.60. The molecule has 4 nitrogen and oxygen atoms in total. The lowest BCUT2D eigenvalue weighted by Gasteiger charge is -2.43. The van der Waals surface area contributed by atoms with Crippen LogP contribution in [0, 0.1) is 13.8 Å². The van der Waals surface area contributed by atoms with Gasteiger partial charge in [-0.15, -0.1) is 0 Å². The first-order chi connectivity index (χ1) is 27.0. The summed E-state index contributed by atoms with van der Waals surface area (Å²) in [7, 11) is 1.80. The molecular formula is C50H47NO3S. The van der Waals surface area contributed by atoms with Crippen molar-refractivity contribution < 1.29 is 14.2 Å². The van der Waals surface area contributed by atoms with E-state index in [1.807, 2.05) is 11.8 Å². The first-order valence-corrected chi connectivity index (χ1v) is 20.8. The van der Waals surface area contributed by atoms with Gasteiger partial charge in [0.05, 0.1) is 25.2 Å². The minimum Gasteiger partial charge on any atom is -0.496 e. The van der Waals surface area contributed by atoms with Crippen LogP contribution in [0.15, 0.2) is 125 Å². The molecule has 55 heavy (non-hydrogen) atoms. The average Bonchev–Trinajstić information content (AvgIpc) is 3.25. The van der Waals surface area contributed by atoms with Gasteiger partial charge in [0, 0.05) is 45.7 Å². The molecule has 1 saturated heterocycles. The quantitative estimate of drug-likeness (QED) is 0.170. The zero-order valence-corrected chi connectivity index (χ0v) is 32.8. The highest BCUT2D eigenvalue weighted by Gasteiger charge is 2.43. The Morgan fingerprint density at radius 2 is 1.45 bits per heavy atom. The van der Waals surface area contributed by atoms with Gasteiger partial charge >= 0.3 is 0 Å². The summed E-state index contributed by atoms with van der Waals surface area (Å²) in [5.74, 6) is 2.74. The maximum absolute atomic E-state index is 7.74. The van der Waals surface area contributed by atoms with Crippen molar-refractivity contribution in [3.8, 4) is 22.6 Å². The van der Waals surface area contributed by atoms with Crippen LogP contribution in [0.3, 0.4) is 0 Å². The fraction of sp³-hybridized carbons (Fsp3) is 0.280. The van der Waals surface area contributed by atoms with E-state index in [4.69, 9.17) is 14.2 Å². The smallest absolute Gasteiger partial charge is 0.178 e. The number of nitrogens with zero attached hydrogens (tertiary/aromatic N) is 1. The number of morpholine rings is 1. The third kappa shape index (κ3) is 5.69. The van der Waals surface area contributed by atoms with E-state index in [0.717, 1.165) is 59.2 Å². The predicted octanol–water partition coefficient (Wildman–Crippen LogP) is 12.2. The second-order valence-corrected chi connectivity index (χ2v) is 16.7. The van der Waals surface area contributed by atoms with Crippen LogP contribution in [-0.4, -0.2) is 33.4 Å². The van der Waals surface area contributed by atoms with Crippen LogP contribution in [0.4, 0.5) is 5.69 Å². The molecule has 6 aromatic rings. The third-order valence-corrected chi connectivity index (χ3v) is 14.0. The maximum Gasteiger partial charge on any atom is 0.178 e. The van der Waals surface area contributed by atoms with E-state index in [-0.39, 0.29) is 0 Å². The van der Waals surface area contributed by atoms with E-state index in [0.29, 0.717) is 11.8 Å². The van der Waals surface area contributed by atoms with Crippen molar-refractivity contribution >= 4 is 34.3 Å². The van der Waals surface area contributed by atoms with Crippen LogP contribution in [0.25, 0.3) is 28.0 Å². The van der Waals surface area contributed by atoms with Crippen molar-refractivity contribution in [2.45, 2.75) is 66.8 Å². The standard InChI is InChI=1S/C50H47NO3S/c1-32-12-11-13-33(2)49(32)55-45-31-42-43(30-44(45)52-3)48-41(46-39-18-9-7-16-37(39)38-17-8-10-19-40(38)47(42)46)24-25-50(54-48,34-14-5-4-6-15-34)35-20-22-36(23-21-35)51-26-28-53-29-27-51/h4-6,8,10-15,17,19-25,30-31,37,39H,7,9,16,18,26-29H2,1-3H3. The summed E-state index contributed by atoms with van der Waals surface area (Å²) in [5.41, 5.74) is 12.1. The lowest BCUT2D eigenvalue weighted by molar-refractivity contribution is 0.122. The molecule has 0 aromatic heterocycles. The summed E-state index contributed by atoms with van der Waals surface area (Å²) in [6.07, 6.45) is 9.67.